The molecule has 4 aliphatic rings. The number of carbonyl (C=O) groups excluding carboxylic acids is 1. The third-order valence-electron chi connectivity index (χ3n) is 10.2. The third-order valence-corrected chi connectivity index (χ3v) is 10.2. The van der Waals surface area contributed by atoms with Crippen molar-refractivity contribution in [3.05, 3.63) is 53.1 Å². The van der Waals surface area contributed by atoms with Crippen molar-refractivity contribution in [3.8, 4) is 0 Å². The van der Waals surface area contributed by atoms with Crippen molar-refractivity contribution in [3.63, 3.8) is 0 Å². The van der Waals surface area contributed by atoms with Crippen LogP contribution in [0.15, 0.2) is 30.5 Å². The average molecular weight is 551 g/mol. The van der Waals surface area contributed by atoms with Gasteiger partial charge in [0.15, 0.2) is 0 Å². The first-order chi connectivity index (χ1) is 19.5. The Hall–Kier alpha value is -2.25. The van der Waals surface area contributed by atoms with Gasteiger partial charge in [-0.2, -0.15) is 5.10 Å². The zero-order chi connectivity index (χ0) is 27.5. The summed E-state index contributed by atoms with van der Waals surface area (Å²) in [7, 11) is 0. The molecule has 1 aromatic heterocycles. The summed E-state index contributed by atoms with van der Waals surface area (Å²) in [6.45, 7) is 9.88. The molecule has 4 fully saturated rings. The van der Waals surface area contributed by atoms with Crippen molar-refractivity contribution in [2.24, 2.45) is 11.8 Å². The molecule has 2 aliphatic heterocycles. The van der Waals surface area contributed by atoms with Crippen LogP contribution in [0.25, 0.3) is 0 Å². The molecule has 2 saturated carbocycles. The molecule has 2 saturated heterocycles. The fraction of sp³-hybridized carbons (Fsp3) is 0.697. The lowest BCUT2D eigenvalue weighted by atomic mass is 9.84. The quantitative estimate of drug-likeness (QED) is 0.333. The van der Waals surface area contributed by atoms with Gasteiger partial charge in [-0.25, -0.2) is 4.39 Å². The fourth-order valence-electron chi connectivity index (χ4n) is 7.92. The second-order valence-electron chi connectivity index (χ2n) is 13.2. The van der Waals surface area contributed by atoms with Crippen LogP contribution in [0.1, 0.15) is 93.4 Å². The number of aromatic nitrogens is 2. The number of benzene rings is 1. The Balaban J connectivity index is 1.11. The zero-order valence-corrected chi connectivity index (χ0v) is 24.3. The highest BCUT2D eigenvalue weighted by molar-refractivity contribution is 5.38. The van der Waals surface area contributed by atoms with Crippen molar-refractivity contribution >= 4 is 6.47 Å². The predicted molar refractivity (Wildman–Crippen MR) is 155 cm³/mol. The van der Waals surface area contributed by atoms with E-state index < -0.39 is 0 Å². The molecule has 40 heavy (non-hydrogen) atoms. The van der Waals surface area contributed by atoms with E-state index in [4.69, 9.17) is 9.84 Å². The van der Waals surface area contributed by atoms with E-state index in [0.29, 0.717) is 18.3 Å². The first-order valence-corrected chi connectivity index (χ1v) is 15.9. The molecule has 7 heteroatoms. The molecule has 6 nitrogen and oxygen atoms in total. The molecule has 0 amide bonds. The van der Waals surface area contributed by atoms with E-state index in [1.54, 1.807) is 12.1 Å². The highest BCUT2D eigenvalue weighted by Crippen LogP contribution is 2.39. The van der Waals surface area contributed by atoms with Gasteiger partial charge in [0, 0.05) is 44.8 Å². The monoisotopic (exact) mass is 550 g/mol. The lowest BCUT2D eigenvalue weighted by Gasteiger charge is -2.38. The molecule has 1 aromatic carbocycles. The number of rotatable bonds is 11. The molecular weight excluding hydrogens is 503 g/mol. The Kier molecular flexibility index (Phi) is 8.59. The van der Waals surface area contributed by atoms with Crippen LogP contribution in [0.2, 0.25) is 0 Å². The maximum atomic E-state index is 14.3. The highest BCUT2D eigenvalue weighted by Gasteiger charge is 2.42. The highest BCUT2D eigenvalue weighted by atomic mass is 19.1. The zero-order valence-electron chi connectivity index (χ0n) is 24.3. The Bertz CT molecular complexity index is 1130. The number of hydrogen-bond acceptors (Lipinski definition) is 5. The van der Waals surface area contributed by atoms with Gasteiger partial charge in [0.25, 0.3) is 6.47 Å². The molecule has 0 spiro atoms. The van der Waals surface area contributed by atoms with Crippen LogP contribution >= 0.6 is 0 Å². The standard InChI is InChI=1S/C33H47FN4O2/c1-2-32-31(22-38(35-32)18-25-9-10-25)26-11-15-36(16-12-26)19-28-20-37(21-30(28)27-7-6-8-29(34)17-27)23-33(40-24-39)13-4-3-5-14-33/h6-8,17,22,24-26,28,30H,2-5,9-16,18-21,23H2,1H3/t28-,30-/m1/s1. The van der Waals surface area contributed by atoms with E-state index in [2.05, 4.69) is 33.7 Å². The molecule has 3 heterocycles. The molecule has 0 radical (unpaired) electrons. The summed E-state index contributed by atoms with van der Waals surface area (Å²) in [5.41, 5.74) is 3.53. The van der Waals surface area contributed by atoms with Crippen LogP contribution in [0.4, 0.5) is 4.39 Å². The number of hydrogen-bond donors (Lipinski definition) is 0. The maximum absolute atomic E-state index is 14.3. The minimum Gasteiger partial charge on any atom is -0.460 e. The normalized spacial score (nSPS) is 26.2. The summed E-state index contributed by atoms with van der Waals surface area (Å²) in [5, 5.41) is 4.95. The van der Waals surface area contributed by atoms with Crippen LogP contribution in [0.5, 0.6) is 0 Å². The second-order valence-corrected chi connectivity index (χ2v) is 13.2. The van der Waals surface area contributed by atoms with Crippen molar-refractivity contribution in [2.75, 3.05) is 39.3 Å². The number of nitrogens with zero attached hydrogens (tertiary/aromatic N) is 4. The topological polar surface area (TPSA) is 50.6 Å². The number of likely N-dealkylation sites (tertiary alicyclic amines) is 2. The molecule has 2 aromatic rings. The first kappa shape index (κ1) is 27.9. The van der Waals surface area contributed by atoms with Crippen molar-refractivity contribution < 1.29 is 13.9 Å². The Morgan fingerprint density at radius 2 is 1.85 bits per heavy atom. The molecule has 0 unspecified atom stereocenters. The van der Waals surface area contributed by atoms with Crippen LogP contribution in [-0.2, 0) is 22.5 Å². The molecule has 6 rings (SSSR count). The van der Waals surface area contributed by atoms with Crippen molar-refractivity contribution in [1.82, 2.24) is 19.6 Å². The number of ether oxygens (including phenoxy) is 1. The SMILES string of the molecule is CCc1nn(CC2CC2)cc1C1CCN(C[C@@H]2CN(CC3(OC=O)CCCCC3)C[C@@H]2c2cccc(F)c2)CC1. The van der Waals surface area contributed by atoms with Crippen molar-refractivity contribution in [1.29, 1.82) is 0 Å². The van der Waals surface area contributed by atoms with Gasteiger partial charge in [-0.3, -0.25) is 14.4 Å². The fourth-order valence-corrected chi connectivity index (χ4v) is 7.92. The summed E-state index contributed by atoms with van der Waals surface area (Å²) in [6, 6.07) is 7.22. The molecular formula is C33H47FN4O2. The van der Waals surface area contributed by atoms with Crippen LogP contribution < -0.4 is 0 Å². The van der Waals surface area contributed by atoms with Gasteiger partial charge in [0.05, 0.1) is 5.69 Å². The molecule has 0 N–H and O–H groups in total. The molecule has 2 aliphatic carbocycles. The number of piperidine rings is 1. The predicted octanol–water partition coefficient (Wildman–Crippen LogP) is 5.77. The largest absolute Gasteiger partial charge is 0.460 e. The van der Waals surface area contributed by atoms with E-state index >= 15 is 0 Å². The first-order valence-electron chi connectivity index (χ1n) is 15.9. The summed E-state index contributed by atoms with van der Waals surface area (Å²) in [6.07, 6.45) is 13.8. The molecule has 2 atom stereocenters. The number of halogens is 1. The van der Waals surface area contributed by atoms with Gasteiger partial charge >= 0.3 is 0 Å². The number of aryl methyl sites for hydroxylation is 1. The molecule has 218 valence electrons. The summed E-state index contributed by atoms with van der Waals surface area (Å²) >= 11 is 0. The van der Waals surface area contributed by atoms with E-state index in [1.807, 2.05) is 6.07 Å². The third kappa shape index (κ3) is 6.46. The minimum absolute atomic E-state index is 0.155. The lowest BCUT2D eigenvalue weighted by molar-refractivity contribution is -0.149. The van der Waals surface area contributed by atoms with Gasteiger partial charge in [-0.15, -0.1) is 0 Å². The van der Waals surface area contributed by atoms with Gasteiger partial charge in [0.1, 0.15) is 11.4 Å². The van der Waals surface area contributed by atoms with Crippen LogP contribution in [0, 0.1) is 17.7 Å². The number of carbonyl (C=O) groups is 1. The second kappa shape index (κ2) is 12.3. The smallest absolute Gasteiger partial charge is 0.293 e. The van der Waals surface area contributed by atoms with Gasteiger partial charge < -0.3 is 9.64 Å². The van der Waals surface area contributed by atoms with Gasteiger partial charge in [-0.05, 0) is 112 Å². The average Bonchev–Trinajstić information content (AvgIpc) is 3.55. The minimum atomic E-state index is -0.360. The summed E-state index contributed by atoms with van der Waals surface area (Å²) in [4.78, 5) is 16.6. The van der Waals surface area contributed by atoms with E-state index in [9.17, 15) is 9.18 Å². The maximum Gasteiger partial charge on any atom is 0.293 e. The summed E-state index contributed by atoms with van der Waals surface area (Å²) in [5.74, 6) is 2.01. The lowest BCUT2D eigenvalue weighted by Crippen LogP contribution is -2.46. The van der Waals surface area contributed by atoms with E-state index in [0.717, 1.165) is 89.4 Å². The Morgan fingerprint density at radius 3 is 2.55 bits per heavy atom. The van der Waals surface area contributed by atoms with Crippen LogP contribution in [-0.4, -0.2) is 70.9 Å². The van der Waals surface area contributed by atoms with Crippen LogP contribution in [0.3, 0.4) is 0 Å². The van der Waals surface area contributed by atoms with Gasteiger partial charge in [-0.1, -0.05) is 25.5 Å². The van der Waals surface area contributed by atoms with Gasteiger partial charge in [0.2, 0.25) is 0 Å². The van der Waals surface area contributed by atoms with E-state index in [-0.39, 0.29) is 17.3 Å². The summed E-state index contributed by atoms with van der Waals surface area (Å²) < 4.78 is 22.3. The molecule has 0 bridgehead atoms. The van der Waals surface area contributed by atoms with Crippen molar-refractivity contribution in [2.45, 2.75) is 95.1 Å². The van der Waals surface area contributed by atoms with E-state index in [1.165, 1.54) is 43.4 Å². The Labute approximate surface area is 239 Å². The Morgan fingerprint density at radius 1 is 1.05 bits per heavy atom.